The number of nitrogens with zero attached hydrogens (tertiary/aromatic N) is 1. The molecule has 0 amide bonds. The Morgan fingerprint density at radius 1 is 2.00 bits per heavy atom. The maximum Gasteiger partial charge on any atom is 0.301 e. The molecule has 0 saturated carbocycles. The van der Waals surface area contributed by atoms with Gasteiger partial charge in [-0.1, -0.05) is 10.9 Å². The first-order chi connectivity index (χ1) is 3.31. The number of hydrogen-bond acceptors (Lipinski definition) is 1. The highest BCUT2D eigenvalue weighted by atomic mass is 14.7. The molecule has 0 bridgehead atoms. The predicted molar refractivity (Wildman–Crippen MR) is 31.1 cm³/mol. The first-order valence-electron chi connectivity index (χ1n) is 2.08. The van der Waals surface area contributed by atoms with Crippen molar-refractivity contribution in [2.45, 2.75) is 6.92 Å². The third-order valence-corrected chi connectivity index (χ3v) is 0.645. The summed E-state index contributed by atoms with van der Waals surface area (Å²) in [6, 6.07) is 0. The van der Waals surface area contributed by atoms with Crippen LogP contribution >= 0.6 is 0 Å². The molecular formula is C5H9N2+. The topological polar surface area (TPSA) is 30.4 Å². The lowest BCUT2D eigenvalue weighted by Crippen LogP contribution is -1.97. The molecule has 0 spiro atoms. The summed E-state index contributed by atoms with van der Waals surface area (Å²) >= 11 is 0. The maximum atomic E-state index is 5.27. The standard InChI is InChI=1S/C5H9N2/c1-3-5(6)4-7-2/h2-3H,4,6H2,1H3/q+1. The van der Waals surface area contributed by atoms with Gasteiger partial charge in [-0.3, -0.25) is 0 Å². The second kappa shape index (κ2) is 3.23. The van der Waals surface area contributed by atoms with Crippen molar-refractivity contribution in [2.24, 2.45) is 5.73 Å². The van der Waals surface area contributed by atoms with Crippen molar-refractivity contribution in [3.05, 3.63) is 16.6 Å². The van der Waals surface area contributed by atoms with Crippen LogP contribution in [0.2, 0.25) is 0 Å². The van der Waals surface area contributed by atoms with Crippen LogP contribution in [0, 0.1) is 6.57 Å². The Labute approximate surface area is 43.5 Å². The van der Waals surface area contributed by atoms with E-state index in [0.717, 1.165) is 0 Å². The monoisotopic (exact) mass is 97.1 g/mol. The lowest BCUT2D eigenvalue weighted by molar-refractivity contribution is 1.23. The van der Waals surface area contributed by atoms with Gasteiger partial charge in [0, 0.05) is 0 Å². The van der Waals surface area contributed by atoms with Gasteiger partial charge in [0.25, 0.3) is 6.57 Å². The molecule has 0 saturated heterocycles. The first-order valence-corrected chi connectivity index (χ1v) is 2.08. The van der Waals surface area contributed by atoms with Crippen LogP contribution < -0.4 is 5.73 Å². The number of allylic oxidation sites excluding steroid dienone is 1. The average Bonchev–Trinajstić information content (AvgIpc) is 1.68. The number of hydrogen-bond donors (Lipinski definition) is 1. The highest BCUT2D eigenvalue weighted by Gasteiger charge is 1.88. The molecule has 2 N–H and O–H groups in total. The van der Waals surface area contributed by atoms with E-state index >= 15 is 0 Å². The quantitative estimate of drug-likeness (QED) is 0.515. The van der Waals surface area contributed by atoms with Crippen LogP contribution in [-0.4, -0.2) is 6.54 Å². The molecule has 0 aromatic heterocycles. The minimum atomic E-state index is 0.441. The minimum absolute atomic E-state index is 0.441. The zero-order valence-electron chi connectivity index (χ0n) is 4.39. The molecule has 0 radical (unpaired) electrons. The SMILES string of the molecule is C#[N+]CC(N)=CC. The lowest BCUT2D eigenvalue weighted by Gasteiger charge is -1.78. The summed E-state index contributed by atoms with van der Waals surface area (Å²) in [6.45, 7) is 7.10. The Morgan fingerprint density at radius 2 is 2.57 bits per heavy atom. The summed E-state index contributed by atoms with van der Waals surface area (Å²) < 4.78 is 0. The maximum absolute atomic E-state index is 5.27. The summed E-state index contributed by atoms with van der Waals surface area (Å²) in [5.74, 6) is 0. The third kappa shape index (κ3) is 2.84. The Hall–Kier alpha value is -0.970. The predicted octanol–water partition coefficient (Wildman–Crippen LogP) is 0.812. The summed E-state index contributed by atoms with van der Waals surface area (Å²) in [6.07, 6.45) is 1.77. The minimum Gasteiger partial charge on any atom is -0.396 e. The fraction of sp³-hybridized carbons (Fsp3) is 0.400. The molecule has 0 heterocycles. The van der Waals surface area contributed by atoms with Crippen molar-refractivity contribution in [3.63, 3.8) is 0 Å². The van der Waals surface area contributed by atoms with Crippen LogP contribution in [0.5, 0.6) is 0 Å². The smallest absolute Gasteiger partial charge is 0.301 e. The Morgan fingerprint density at radius 3 is 2.71 bits per heavy atom. The molecule has 38 valence electrons. The summed E-state index contributed by atoms with van der Waals surface area (Å²) in [7, 11) is 0. The van der Waals surface area contributed by atoms with E-state index in [1.807, 2.05) is 6.92 Å². The van der Waals surface area contributed by atoms with Gasteiger partial charge < -0.3 is 5.73 Å². The molecule has 0 atom stereocenters. The van der Waals surface area contributed by atoms with Crippen LogP contribution in [0.1, 0.15) is 6.92 Å². The van der Waals surface area contributed by atoms with Crippen molar-refractivity contribution in [1.82, 2.24) is 0 Å². The van der Waals surface area contributed by atoms with Gasteiger partial charge in [0.15, 0.2) is 0 Å². The van der Waals surface area contributed by atoms with Gasteiger partial charge in [0.05, 0.1) is 5.70 Å². The summed E-state index contributed by atoms with van der Waals surface area (Å²) in [4.78, 5) is 3.31. The highest BCUT2D eigenvalue weighted by Crippen LogP contribution is 1.80. The van der Waals surface area contributed by atoms with E-state index in [1.165, 1.54) is 0 Å². The van der Waals surface area contributed by atoms with Gasteiger partial charge in [-0.25, -0.2) is 0 Å². The molecule has 2 nitrogen and oxygen atoms in total. The molecule has 0 aromatic rings. The van der Waals surface area contributed by atoms with Crippen molar-refractivity contribution in [1.29, 1.82) is 0 Å². The Balaban J connectivity index is 3.43. The molecule has 0 aliphatic rings. The van der Waals surface area contributed by atoms with Gasteiger partial charge in [0.1, 0.15) is 0 Å². The molecule has 0 fully saturated rings. The second-order valence-corrected chi connectivity index (χ2v) is 1.20. The van der Waals surface area contributed by atoms with Gasteiger partial charge in [0.2, 0.25) is 0 Å². The van der Waals surface area contributed by atoms with Crippen molar-refractivity contribution >= 4 is 0 Å². The van der Waals surface area contributed by atoms with Gasteiger partial charge in [-0.15, -0.1) is 0 Å². The van der Waals surface area contributed by atoms with Gasteiger partial charge in [-0.2, -0.15) is 0 Å². The molecule has 7 heavy (non-hydrogen) atoms. The van der Waals surface area contributed by atoms with E-state index < -0.39 is 0 Å². The van der Waals surface area contributed by atoms with E-state index in [1.54, 1.807) is 6.08 Å². The largest absolute Gasteiger partial charge is 0.396 e. The van der Waals surface area contributed by atoms with E-state index in [0.29, 0.717) is 12.2 Å². The van der Waals surface area contributed by atoms with Crippen LogP contribution in [0.3, 0.4) is 0 Å². The van der Waals surface area contributed by atoms with Crippen LogP contribution in [0.15, 0.2) is 11.8 Å². The fourth-order valence-corrected chi connectivity index (χ4v) is 0.197. The molecule has 0 aliphatic heterocycles. The molecule has 0 aliphatic carbocycles. The molecule has 0 rings (SSSR count). The van der Waals surface area contributed by atoms with Crippen LogP contribution in [0.25, 0.3) is 4.85 Å². The Kier molecular flexibility index (Phi) is 2.78. The van der Waals surface area contributed by atoms with Crippen LogP contribution in [-0.2, 0) is 0 Å². The lowest BCUT2D eigenvalue weighted by atomic mass is 10.4. The van der Waals surface area contributed by atoms with Crippen molar-refractivity contribution < 1.29 is 0 Å². The average molecular weight is 97.1 g/mol. The van der Waals surface area contributed by atoms with E-state index in [2.05, 4.69) is 4.85 Å². The van der Waals surface area contributed by atoms with Gasteiger partial charge >= 0.3 is 6.54 Å². The van der Waals surface area contributed by atoms with Gasteiger partial charge in [-0.05, 0) is 6.92 Å². The first kappa shape index (κ1) is 6.03. The van der Waals surface area contributed by atoms with E-state index in [9.17, 15) is 0 Å². The second-order valence-electron chi connectivity index (χ2n) is 1.20. The molecule has 0 unspecified atom stereocenters. The highest BCUT2D eigenvalue weighted by molar-refractivity contribution is 5.00. The number of rotatable bonds is 1. The van der Waals surface area contributed by atoms with E-state index in [-0.39, 0.29) is 0 Å². The number of nitrogens with two attached hydrogens (primary N) is 1. The normalized spacial score (nSPS) is 10.6. The molecule has 0 aromatic carbocycles. The van der Waals surface area contributed by atoms with Crippen molar-refractivity contribution in [2.75, 3.05) is 6.54 Å². The zero-order chi connectivity index (χ0) is 5.70. The third-order valence-electron chi connectivity index (χ3n) is 0.645. The Bertz CT molecular complexity index is 108. The molecular weight excluding hydrogens is 88.1 g/mol. The molecule has 2 heteroatoms. The van der Waals surface area contributed by atoms with Crippen LogP contribution in [0.4, 0.5) is 0 Å². The summed E-state index contributed by atoms with van der Waals surface area (Å²) in [5, 5.41) is 0. The van der Waals surface area contributed by atoms with Crippen molar-refractivity contribution in [3.8, 4) is 6.57 Å². The summed E-state index contributed by atoms with van der Waals surface area (Å²) in [5.41, 5.74) is 5.98. The van der Waals surface area contributed by atoms with E-state index in [4.69, 9.17) is 12.3 Å². The fourth-order valence-electron chi connectivity index (χ4n) is 0.197. The zero-order valence-corrected chi connectivity index (χ0v) is 4.39.